The van der Waals surface area contributed by atoms with Gasteiger partial charge in [-0.1, -0.05) is 48.0 Å². The summed E-state index contributed by atoms with van der Waals surface area (Å²) < 4.78 is 7.48. The van der Waals surface area contributed by atoms with Gasteiger partial charge < -0.3 is 4.74 Å². The van der Waals surface area contributed by atoms with Crippen molar-refractivity contribution in [3.05, 3.63) is 96.1 Å². The molecule has 5 aromatic rings. The van der Waals surface area contributed by atoms with Crippen molar-refractivity contribution in [1.82, 2.24) is 14.8 Å². The zero-order valence-electron chi connectivity index (χ0n) is 17.0. The molecule has 0 radical (unpaired) electrons. The fourth-order valence-corrected chi connectivity index (χ4v) is 3.90. The van der Waals surface area contributed by atoms with Gasteiger partial charge in [0.05, 0.1) is 28.5 Å². The number of rotatable bonds is 5. The van der Waals surface area contributed by atoms with Crippen molar-refractivity contribution in [2.24, 2.45) is 0 Å². The topological polar surface area (TPSA) is 39.9 Å². The highest BCUT2D eigenvalue weighted by molar-refractivity contribution is 6.35. The summed E-state index contributed by atoms with van der Waals surface area (Å²) in [7, 11) is 0. The summed E-state index contributed by atoms with van der Waals surface area (Å²) in [5, 5.41) is 6.51. The van der Waals surface area contributed by atoms with Crippen LogP contribution in [0.4, 0.5) is 0 Å². The maximum Gasteiger partial charge on any atom is 0.119 e. The van der Waals surface area contributed by atoms with Crippen molar-refractivity contribution in [2.75, 3.05) is 6.61 Å². The van der Waals surface area contributed by atoms with E-state index in [1.54, 1.807) is 0 Å². The molecule has 2 aromatic heterocycles. The summed E-state index contributed by atoms with van der Waals surface area (Å²) >= 11 is 6.61. The fourth-order valence-electron chi connectivity index (χ4n) is 3.63. The van der Waals surface area contributed by atoms with E-state index in [9.17, 15) is 0 Å². The molecular formula is C26H20ClN3O. The van der Waals surface area contributed by atoms with Gasteiger partial charge in [-0.3, -0.25) is 0 Å². The van der Waals surface area contributed by atoms with Crippen LogP contribution in [0.15, 0.2) is 91.1 Å². The van der Waals surface area contributed by atoms with Gasteiger partial charge in [-0.05, 0) is 55.5 Å². The molecule has 31 heavy (non-hydrogen) atoms. The molecule has 2 heterocycles. The van der Waals surface area contributed by atoms with Crippen LogP contribution in [0.5, 0.6) is 5.75 Å². The van der Waals surface area contributed by atoms with Gasteiger partial charge in [-0.15, -0.1) is 0 Å². The van der Waals surface area contributed by atoms with Crippen LogP contribution in [-0.4, -0.2) is 21.4 Å². The first kappa shape index (κ1) is 19.3. The molecule has 5 rings (SSSR count). The van der Waals surface area contributed by atoms with Crippen LogP contribution in [0.1, 0.15) is 6.92 Å². The second-order valence-corrected chi connectivity index (χ2v) is 7.54. The van der Waals surface area contributed by atoms with E-state index < -0.39 is 0 Å². The Balaban J connectivity index is 1.69. The van der Waals surface area contributed by atoms with Crippen LogP contribution in [0, 0.1) is 0 Å². The monoisotopic (exact) mass is 425 g/mol. The molecule has 0 aliphatic rings. The van der Waals surface area contributed by atoms with Gasteiger partial charge in [0.25, 0.3) is 0 Å². The van der Waals surface area contributed by atoms with Crippen LogP contribution in [0.25, 0.3) is 39.1 Å². The lowest BCUT2D eigenvalue weighted by Crippen LogP contribution is -1.94. The molecule has 5 heteroatoms. The molecule has 0 bridgehead atoms. The number of halogens is 1. The Morgan fingerprint density at radius 2 is 1.65 bits per heavy atom. The molecule has 0 amide bonds. The predicted octanol–water partition coefficient (Wildman–Crippen LogP) is 6.81. The summed E-state index contributed by atoms with van der Waals surface area (Å²) in [6.07, 6.45) is 2.01. The van der Waals surface area contributed by atoms with Crippen LogP contribution in [0.3, 0.4) is 0 Å². The largest absolute Gasteiger partial charge is 0.494 e. The van der Waals surface area contributed by atoms with Crippen LogP contribution in [-0.2, 0) is 0 Å². The third kappa shape index (κ3) is 3.78. The molecule has 0 fully saturated rings. The number of fused-ring (bicyclic) bond motifs is 1. The highest BCUT2D eigenvalue weighted by Gasteiger charge is 2.17. The number of benzene rings is 3. The summed E-state index contributed by atoms with van der Waals surface area (Å²) in [4.78, 5) is 4.88. The van der Waals surface area contributed by atoms with Crippen molar-refractivity contribution in [2.45, 2.75) is 6.92 Å². The summed E-state index contributed by atoms with van der Waals surface area (Å²) in [6, 6.07) is 27.8. The molecule has 0 spiro atoms. The molecule has 0 atom stereocenters. The van der Waals surface area contributed by atoms with Crippen molar-refractivity contribution in [3.63, 3.8) is 0 Å². The third-order valence-electron chi connectivity index (χ3n) is 5.12. The maximum atomic E-state index is 6.61. The quantitative estimate of drug-likeness (QED) is 0.310. The summed E-state index contributed by atoms with van der Waals surface area (Å²) in [6.45, 7) is 2.61. The fraction of sp³-hybridized carbons (Fsp3) is 0.0769. The molecule has 0 saturated heterocycles. The number of pyridine rings is 1. The van der Waals surface area contributed by atoms with E-state index >= 15 is 0 Å². The van der Waals surface area contributed by atoms with Gasteiger partial charge >= 0.3 is 0 Å². The van der Waals surface area contributed by atoms with Crippen molar-refractivity contribution < 1.29 is 4.74 Å². The first-order valence-corrected chi connectivity index (χ1v) is 10.5. The van der Waals surface area contributed by atoms with Crippen LogP contribution < -0.4 is 4.74 Å². The first-order chi connectivity index (χ1) is 15.2. The molecule has 3 aromatic carbocycles. The maximum absolute atomic E-state index is 6.61. The van der Waals surface area contributed by atoms with Gasteiger partial charge in [0, 0.05) is 22.7 Å². The molecule has 0 aliphatic heterocycles. The standard InChI is InChI=1S/C26H20ClN3O/c1-2-31-20-14-12-18(13-15-20)26-22(17-30(29-26)19-8-4-3-5-9-19)25-16-23(27)21-10-6-7-11-24(21)28-25/h3-17H,2H2,1H3. The Morgan fingerprint density at radius 3 is 2.42 bits per heavy atom. The van der Waals surface area contributed by atoms with E-state index in [0.717, 1.165) is 44.9 Å². The highest BCUT2D eigenvalue weighted by atomic mass is 35.5. The number of aromatic nitrogens is 3. The Kier molecular flexibility index (Phi) is 5.14. The van der Waals surface area contributed by atoms with E-state index in [4.69, 9.17) is 26.4 Å². The van der Waals surface area contributed by atoms with E-state index in [1.807, 2.05) is 103 Å². The SMILES string of the molecule is CCOc1ccc(-c2nn(-c3ccccc3)cc2-c2cc(Cl)c3ccccc3n2)cc1. The molecular weight excluding hydrogens is 406 g/mol. The lowest BCUT2D eigenvalue weighted by molar-refractivity contribution is 0.340. The van der Waals surface area contributed by atoms with E-state index in [0.29, 0.717) is 11.6 Å². The minimum absolute atomic E-state index is 0.632. The minimum Gasteiger partial charge on any atom is -0.494 e. The van der Waals surface area contributed by atoms with Crippen LogP contribution >= 0.6 is 11.6 Å². The molecule has 0 N–H and O–H groups in total. The number of para-hydroxylation sites is 2. The smallest absolute Gasteiger partial charge is 0.119 e. The average molecular weight is 426 g/mol. The van der Waals surface area contributed by atoms with Crippen molar-refractivity contribution in [3.8, 4) is 34.0 Å². The van der Waals surface area contributed by atoms with Gasteiger partial charge in [0.1, 0.15) is 11.4 Å². The van der Waals surface area contributed by atoms with E-state index in [2.05, 4.69) is 0 Å². The van der Waals surface area contributed by atoms with Gasteiger partial charge in [0.15, 0.2) is 0 Å². The molecule has 0 unspecified atom stereocenters. The van der Waals surface area contributed by atoms with Crippen molar-refractivity contribution in [1.29, 1.82) is 0 Å². The Hall–Kier alpha value is -3.63. The molecule has 4 nitrogen and oxygen atoms in total. The van der Waals surface area contributed by atoms with Crippen LogP contribution in [0.2, 0.25) is 5.02 Å². The predicted molar refractivity (Wildman–Crippen MR) is 126 cm³/mol. The Labute approximate surface area is 185 Å². The number of ether oxygens (including phenoxy) is 1. The normalized spacial score (nSPS) is 11.0. The van der Waals surface area contributed by atoms with Crippen molar-refractivity contribution >= 4 is 22.5 Å². The van der Waals surface area contributed by atoms with E-state index in [-0.39, 0.29) is 0 Å². The number of nitrogens with zero attached hydrogens (tertiary/aromatic N) is 3. The first-order valence-electron chi connectivity index (χ1n) is 10.2. The highest BCUT2D eigenvalue weighted by Crippen LogP contribution is 2.35. The zero-order valence-corrected chi connectivity index (χ0v) is 17.8. The molecule has 0 aliphatic carbocycles. The Morgan fingerprint density at radius 1 is 0.903 bits per heavy atom. The Bertz CT molecular complexity index is 1340. The summed E-state index contributed by atoms with van der Waals surface area (Å²) in [5.41, 5.74) is 5.36. The molecule has 0 saturated carbocycles. The number of hydrogen-bond donors (Lipinski definition) is 0. The lowest BCUT2D eigenvalue weighted by Gasteiger charge is -2.07. The summed E-state index contributed by atoms with van der Waals surface area (Å²) in [5.74, 6) is 0.835. The lowest BCUT2D eigenvalue weighted by atomic mass is 10.0. The third-order valence-corrected chi connectivity index (χ3v) is 5.43. The number of hydrogen-bond acceptors (Lipinski definition) is 3. The van der Waals surface area contributed by atoms with Gasteiger partial charge in [-0.25, -0.2) is 9.67 Å². The van der Waals surface area contributed by atoms with Gasteiger partial charge in [-0.2, -0.15) is 5.10 Å². The zero-order chi connectivity index (χ0) is 21.2. The second kappa shape index (κ2) is 8.25. The average Bonchev–Trinajstić information content (AvgIpc) is 3.26. The second-order valence-electron chi connectivity index (χ2n) is 7.14. The van der Waals surface area contributed by atoms with E-state index in [1.165, 1.54) is 0 Å². The van der Waals surface area contributed by atoms with Gasteiger partial charge in [0.2, 0.25) is 0 Å². The molecule has 152 valence electrons. The minimum atomic E-state index is 0.632.